The van der Waals surface area contributed by atoms with Crippen LogP contribution in [0, 0.1) is 0 Å². The van der Waals surface area contributed by atoms with Crippen molar-refractivity contribution in [3.63, 3.8) is 0 Å². The van der Waals surface area contributed by atoms with E-state index in [1.165, 1.54) is 96.6 Å². The van der Waals surface area contributed by atoms with Crippen molar-refractivity contribution in [2.75, 3.05) is 20.1 Å². The number of aliphatic carboxylic acids is 1. The molecule has 0 saturated carbocycles. The van der Waals surface area contributed by atoms with Crippen molar-refractivity contribution in [3.8, 4) is 0 Å². The van der Waals surface area contributed by atoms with Gasteiger partial charge in [-0.05, 0) is 71.5 Å². The molecule has 0 bridgehead atoms. The first-order valence-electron chi connectivity index (χ1n) is 17.0. The topological polar surface area (TPSA) is 66.8 Å². The summed E-state index contributed by atoms with van der Waals surface area (Å²) in [6.45, 7) is 15.2. The van der Waals surface area contributed by atoms with Crippen molar-refractivity contribution in [1.29, 1.82) is 0 Å². The number of carbonyl (C=O) groups is 2. The van der Waals surface area contributed by atoms with Crippen LogP contribution in [0.25, 0.3) is 0 Å². The number of ether oxygens (including phenoxy) is 1. The Balaban J connectivity index is -0.00000110. The third-order valence-electron chi connectivity index (χ3n) is 6.83. The van der Waals surface area contributed by atoms with Gasteiger partial charge in [-0.25, -0.2) is 0 Å². The highest BCUT2D eigenvalue weighted by Gasteiger charge is 2.14. The molecule has 0 aromatic rings. The van der Waals surface area contributed by atoms with Crippen LogP contribution in [0.4, 0.5) is 0 Å². The first-order valence-corrected chi connectivity index (χ1v) is 17.0. The molecule has 0 heterocycles. The highest BCUT2D eigenvalue weighted by atomic mass is 16.5. The van der Waals surface area contributed by atoms with Gasteiger partial charge < -0.3 is 14.7 Å². The highest BCUT2D eigenvalue weighted by Crippen LogP contribution is 2.17. The summed E-state index contributed by atoms with van der Waals surface area (Å²) in [7, 11) is 2.20. The van der Waals surface area contributed by atoms with Crippen molar-refractivity contribution in [3.05, 3.63) is 0 Å². The molecular formula is C34H71NO4. The molecule has 5 nitrogen and oxygen atoms in total. The molecule has 5 heteroatoms. The van der Waals surface area contributed by atoms with Gasteiger partial charge in [-0.1, -0.05) is 119 Å². The van der Waals surface area contributed by atoms with Crippen LogP contribution >= 0.6 is 0 Å². The summed E-state index contributed by atoms with van der Waals surface area (Å²) in [5.41, 5.74) is 0. The van der Waals surface area contributed by atoms with E-state index in [1.54, 1.807) is 0 Å². The molecule has 0 radical (unpaired) electrons. The maximum absolute atomic E-state index is 12.3. The number of hydrogen-bond acceptors (Lipinski definition) is 4. The van der Waals surface area contributed by atoms with Gasteiger partial charge in [0.2, 0.25) is 0 Å². The van der Waals surface area contributed by atoms with Crippen molar-refractivity contribution in [2.45, 2.75) is 189 Å². The summed E-state index contributed by atoms with van der Waals surface area (Å²) in [4.78, 5) is 24.6. The van der Waals surface area contributed by atoms with Gasteiger partial charge in [0, 0.05) is 12.8 Å². The Morgan fingerprint density at radius 3 is 1.56 bits per heavy atom. The van der Waals surface area contributed by atoms with Gasteiger partial charge in [-0.15, -0.1) is 0 Å². The lowest BCUT2D eigenvalue weighted by atomic mass is 10.0. The molecule has 0 rings (SSSR count). The average Bonchev–Trinajstić information content (AvgIpc) is 2.92. The monoisotopic (exact) mass is 558 g/mol. The van der Waals surface area contributed by atoms with Crippen LogP contribution in [0.3, 0.4) is 0 Å². The Kier molecular flexibility index (Phi) is 40.1. The lowest BCUT2D eigenvalue weighted by molar-refractivity contribution is -0.150. The number of rotatable bonds is 26. The summed E-state index contributed by atoms with van der Waals surface area (Å²) < 4.78 is 5.89. The zero-order valence-corrected chi connectivity index (χ0v) is 27.7. The van der Waals surface area contributed by atoms with Crippen LogP contribution in [-0.2, 0) is 14.3 Å². The van der Waals surface area contributed by atoms with Gasteiger partial charge >= 0.3 is 11.9 Å². The van der Waals surface area contributed by atoms with E-state index in [0.717, 1.165) is 44.9 Å². The smallest absolute Gasteiger partial charge is 0.306 e. The maximum Gasteiger partial charge on any atom is 0.306 e. The minimum Gasteiger partial charge on any atom is -0.481 e. The summed E-state index contributed by atoms with van der Waals surface area (Å²) in [5.74, 6) is -0.641. The van der Waals surface area contributed by atoms with Crippen LogP contribution in [0.15, 0.2) is 0 Å². The minimum absolute atomic E-state index is 0.0413. The zero-order valence-electron chi connectivity index (χ0n) is 27.7. The molecule has 1 N–H and O–H groups in total. The van der Waals surface area contributed by atoms with Crippen LogP contribution in [0.2, 0.25) is 0 Å². The average molecular weight is 558 g/mol. The Labute approximate surface area is 245 Å². The molecule has 0 aliphatic carbocycles. The Morgan fingerprint density at radius 2 is 1.03 bits per heavy atom. The number of carbonyl (C=O) groups excluding carboxylic acids is 1. The first kappa shape index (κ1) is 42.4. The molecule has 0 amide bonds. The van der Waals surface area contributed by atoms with E-state index in [0.29, 0.717) is 12.8 Å². The number of carboxylic acid groups (broad SMARTS) is 1. The fourth-order valence-corrected chi connectivity index (χ4v) is 4.48. The van der Waals surface area contributed by atoms with E-state index in [1.807, 2.05) is 13.8 Å². The molecule has 0 saturated heterocycles. The molecule has 0 aromatic carbocycles. The van der Waals surface area contributed by atoms with Crippen molar-refractivity contribution in [1.82, 2.24) is 4.90 Å². The SMILES string of the molecule is CC.CCCCCC(=O)O.CCCCCCCCC(CCCCCC)OC(=O)CCCCCCN(C)CCC. The summed E-state index contributed by atoms with van der Waals surface area (Å²) >= 11 is 0. The predicted octanol–water partition coefficient (Wildman–Crippen LogP) is 10.6. The quantitative estimate of drug-likeness (QED) is 0.0846. The standard InChI is InChI=1S/C26H53NO2.C6H12O2.C2H6/c1-5-8-10-12-13-17-21-25(20-16-11-9-6-2)29-26(28)22-18-14-15-19-24-27(4)23-7-3;1-2-3-4-5-6(7)8;1-2/h25H,5-24H2,1-4H3;2-5H2,1H3,(H,7,8);1-2H3. The normalized spacial score (nSPS) is 11.3. The minimum atomic E-state index is -0.682. The van der Waals surface area contributed by atoms with Gasteiger partial charge in [0.1, 0.15) is 6.10 Å². The van der Waals surface area contributed by atoms with Crippen LogP contribution in [-0.4, -0.2) is 48.2 Å². The van der Waals surface area contributed by atoms with E-state index in [2.05, 4.69) is 39.6 Å². The number of unbranched alkanes of at least 4 members (excludes halogenated alkanes) is 13. The lowest BCUT2D eigenvalue weighted by Crippen LogP contribution is -2.20. The Bertz CT molecular complexity index is 484. The third kappa shape index (κ3) is 39.1. The van der Waals surface area contributed by atoms with Gasteiger partial charge in [-0.2, -0.15) is 0 Å². The number of hydrogen-bond donors (Lipinski definition) is 1. The first-order chi connectivity index (χ1) is 18.9. The molecule has 0 spiro atoms. The molecule has 236 valence electrons. The number of esters is 1. The fourth-order valence-electron chi connectivity index (χ4n) is 4.48. The summed E-state index contributed by atoms with van der Waals surface area (Å²) in [6, 6.07) is 0. The maximum atomic E-state index is 12.3. The fraction of sp³-hybridized carbons (Fsp3) is 0.941. The molecule has 0 aliphatic rings. The van der Waals surface area contributed by atoms with Gasteiger partial charge in [0.25, 0.3) is 0 Å². The second-order valence-corrected chi connectivity index (χ2v) is 10.8. The summed E-state index contributed by atoms with van der Waals surface area (Å²) in [5, 5.41) is 8.14. The Hall–Kier alpha value is -1.10. The third-order valence-corrected chi connectivity index (χ3v) is 6.83. The van der Waals surface area contributed by atoms with Crippen molar-refractivity contribution >= 4 is 11.9 Å². The number of nitrogens with zero attached hydrogens (tertiary/aromatic N) is 1. The second-order valence-electron chi connectivity index (χ2n) is 10.8. The van der Waals surface area contributed by atoms with Gasteiger partial charge in [0.05, 0.1) is 0 Å². The van der Waals surface area contributed by atoms with Crippen molar-refractivity contribution < 1.29 is 19.4 Å². The van der Waals surface area contributed by atoms with E-state index >= 15 is 0 Å². The largest absolute Gasteiger partial charge is 0.481 e. The molecule has 1 unspecified atom stereocenters. The van der Waals surface area contributed by atoms with Crippen LogP contribution < -0.4 is 0 Å². The molecule has 0 aliphatic heterocycles. The van der Waals surface area contributed by atoms with Crippen molar-refractivity contribution in [2.24, 2.45) is 0 Å². The van der Waals surface area contributed by atoms with E-state index < -0.39 is 5.97 Å². The van der Waals surface area contributed by atoms with E-state index in [-0.39, 0.29) is 12.1 Å². The lowest BCUT2D eigenvalue weighted by Gasteiger charge is -2.18. The molecular weight excluding hydrogens is 486 g/mol. The van der Waals surface area contributed by atoms with Gasteiger partial charge in [0.15, 0.2) is 0 Å². The van der Waals surface area contributed by atoms with Gasteiger partial charge in [-0.3, -0.25) is 9.59 Å². The Morgan fingerprint density at radius 1 is 0.590 bits per heavy atom. The second kappa shape index (κ2) is 36.9. The molecule has 39 heavy (non-hydrogen) atoms. The molecule has 0 fully saturated rings. The van der Waals surface area contributed by atoms with E-state index in [4.69, 9.17) is 9.84 Å². The van der Waals surface area contributed by atoms with E-state index in [9.17, 15) is 9.59 Å². The summed E-state index contributed by atoms with van der Waals surface area (Å²) in [6.07, 6.45) is 24.8. The molecule has 1 atom stereocenters. The predicted molar refractivity (Wildman–Crippen MR) is 171 cm³/mol. The number of carboxylic acids is 1. The zero-order chi connectivity index (χ0) is 30.0. The van der Waals surface area contributed by atoms with Crippen LogP contribution in [0.5, 0.6) is 0 Å². The molecule has 0 aromatic heterocycles. The van der Waals surface area contributed by atoms with Crippen LogP contribution in [0.1, 0.15) is 183 Å². The highest BCUT2D eigenvalue weighted by molar-refractivity contribution is 5.69.